The highest BCUT2D eigenvalue weighted by molar-refractivity contribution is 5.91. The average molecular weight is 623 g/mol. The highest BCUT2D eigenvalue weighted by Gasteiger charge is 2.42. The summed E-state index contributed by atoms with van der Waals surface area (Å²) in [6.45, 7) is 2.41. The molecule has 0 aliphatic carbocycles. The van der Waals surface area contributed by atoms with Crippen LogP contribution in [0.3, 0.4) is 0 Å². The number of methoxy groups -OCH3 is 3. The number of alkyl halides is 6. The minimum atomic E-state index is -5.11. The summed E-state index contributed by atoms with van der Waals surface area (Å²) in [6.07, 6.45) is -13.3. The van der Waals surface area contributed by atoms with Crippen LogP contribution in [0.25, 0.3) is 0 Å². The van der Waals surface area contributed by atoms with Gasteiger partial charge in [0.05, 0.1) is 50.8 Å². The van der Waals surface area contributed by atoms with Gasteiger partial charge in [-0.25, -0.2) is 14.4 Å². The molecule has 10 nitrogen and oxygen atoms in total. The maximum absolute atomic E-state index is 13.5. The van der Waals surface area contributed by atoms with Crippen LogP contribution in [0, 0.1) is 0 Å². The highest BCUT2D eigenvalue weighted by Crippen LogP contribution is 2.47. The number of benzene rings is 2. The number of rotatable bonds is 6. The first kappa shape index (κ1) is 33.1. The normalized spacial score (nSPS) is 16.6. The lowest BCUT2D eigenvalue weighted by Crippen LogP contribution is -2.47. The van der Waals surface area contributed by atoms with E-state index in [-0.39, 0.29) is 41.8 Å². The predicted molar refractivity (Wildman–Crippen MR) is 137 cm³/mol. The molecule has 1 heterocycles. The number of anilines is 1. The van der Waals surface area contributed by atoms with E-state index in [1.807, 2.05) is 0 Å². The van der Waals surface area contributed by atoms with Crippen LogP contribution in [-0.2, 0) is 33.1 Å². The van der Waals surface area contributed by atoms with Crippen molar-refractivity contribution in [1.29, 1.82) is 0 Å². The van der Waals surface area contributed by atoms with E-state index in [1.54, 1.807) is 13.8 Å². The van der Waals surface area contributed by atoms with Crippen LogP contribution in [0.15, 0.2) is 30.3 Å². The zero-order valence-electron chi connectivity index (χ0n) is 23.6. The van der Waals surface area contributed by atoms with Gasteiger partial charge in [0, 0.05) is 24.2 Å². The van der Waals surface area contributed by atoms with Gasteiger partial charge in [-0.1, -0.05) is 0 Å². The molecule has 0 bridgehead atoms. The van der Waals surface area contributed by atoms with Gasteiger partial charge < -0.3 is 23.7 Å². The summed E-state index contributed by atoms with van der Waals surface area (Å²) in [5.41, 5.74) is -3.35. The molecule has 0 radical (unpaired) electrons. The predicted octanol–water partition coefficient (Wildman–Crippen LogP) is 6.94. The molecule has 0 spiro atoms. The van der Waals surface area contributed by atoms with Crippen molar-refractivity contribution >= 4 is 24.0 Å². The number of nitrogens with zero attached hydrogens (tertiary/aromatic N) is 2. The molecule has 0 saturated heterocycles. The number of halogens is 6. The van der Waals surface area contributed by atoms with Crippen molar-refractivity contribution in [3.63, 3.8) is 0 Å². The molecule has 1 aliphatic rings. The fourth-order valence-corrected chi connectivity index (χ4v) is 4.70. The van der Waals surface area contributed by atoms with E-state index < -0.39 is 66.0 Å². The number of carbonyl (C=O) groups is 3. The van der Waals surface area contributed by atoms with Gasteiger partial charge in [-0.3, -0.25) is 9.80 Å². The number of fused-ring (bicyclic) bond motifs is 1. The fourth-order valence-electron chi connectivity index (χ4n) is 4.70. The molecule has 0 unspecified atom stereocenters. The lowest BCUT2D eigenvalue weighted by Gasteiger charge is -2.42. The van der Waals surface area contributed by atoms with Gasteiger partial charge in [0.1, 0.15) is 0 Å². The lowest BCUT2D eigenvalue weighted by atomic mass is 9.90. The fraction of sp³-hybridized carbons (Fsp3) is 0.444. The molecule has 2 atom stereocenters. The molecule has 0 N–H and O–H groups in total. The van der Waals surface area contributed by atoms with Gasteiger partial charge >= 0.3 is 30.7 Å². The number of ether oxygens (including phenoxy) is 5. The lowest BCUT2D eigenvalue weighted by molar-refractivity contribution is -0.143. The van der Waals surface area contributed by atoms with Gasteiger partial charge in [0.25, 0.3) is 0 Å². The molecule has 3 rings (SSSR count). The van der Waals surface area contributed by atoms with E-state index in [1.165, 1.54) is 24.1 Å². The summed E-state index contributed by atoms with van der Waals surface area (Å²) in [4.78, 5) is 40.0. The standard InChI is InChI=1S/C27H28F6N2O8/c1-6-42-24(37)35-14(2)7-19(18-11-21(39-3)22(12-20(18)35)43-25(38)41-5)34(23(36)40-4)13-15-8-16(26(28,29)30)10-17(9-15)27(31,32)33/h8-12,14,19H,6-7,13H2,1-5H3/t14-,19+/m0/s1. The smallest absolute Gasteiger partial charge is 0.493 e. The van der Waals surface area contributed by atoms with Gasteiger partial charge in [0.15, 0.2) is 11.5 Å². The highest BCUT2D eigenvalue weighted by atomic mass is 19.4. The van der Waals surface area contributed by atoms with Crippen LogP contribution in [0.4, 0.5) is 46.4 Å². The number of hydrogen-bond donors (Lipinski definition) is 0. The Balaban J connectivity index is 2.23. The first-order chi connectivity index (χ1) is 20.0. The van der Waals surface area contributed by atoms with E-state index in [2.05, 4.69) is 4.74 Å². The molecular weight excluding hydrogens is 594 g/mol. The molecule has 16 heteroatoms. The summed E-state index contributed by atoms with van der Waals surface area (Å²) >= 11 is 0. The molecule has 2 aromatic rings. The monoisotopic (exact) mass is 622 g/mol. The zero-order valence-corrected chi connectivity index (χ0v) is 23.6. The van der Waals surface area contributed by atoms with Gasteiger partial charge in [-0.05, 0) is 50.1 Å². The molecule has 1 aliphatic heterocycles. The first-order valence-electron chi connectivity index (χ1n) is 12.6. The molecule has 0 aromatic heterocycles. The van der Waals surface area contributed by atoms with E-state index >= 15 is 0 Å². The number of hydrogen-bond acceptors (Lipinski definition) is 8. The van der Waals surface area contributed by atoms with Crippen molar-refractivity contribution < 1.29 is 64.4 Å². The molecule has 236 valence electrons. The largest absolute Gasteiger partial charge is 0.513 e. The van der Waals surface area contributed by atoms with Crippen LogP contribution < -0.4 is 14.4 Å². The van der Waals surface area contributed by atoms with E-state index in [0.717, 1.165) is 19.1 Å². The van der Waals surface area contributed by atoms with Crippen molar-refractivity contribution in [3.05, 3.63) is 52.6 Å². The van der Waals surface area contributed by atoms with Crippen LogP contribution in [0.1, 0.15) is 48.6 Å². The molecule has 2 amide bonds. The Bertz CT molecular complexity index is 1330. The Morgan fingerprint density at radius 1 is 0.907 bits per heavy atom. The first-order valence-corrected chi connectivity index (χ1v) is 12.6. The minimum Gasteiger partial charge on any atom is -0.493 e. The Morgan fingerprint density at radius 2 is 1.51 bits per heavy atom. The van der Waals surface area contributed by atoms with Crippen molar-refractivity contribution in [3.8, 4) is 11.5 Å². The van der Waals surface area contributed by atoms with Gasteiger partial charge in [0.2, 0.25) is 0 Å². The SMILES string of the molecule is CCOC(=O)N1c2cc(OC(=O)OC)c(OC)cc2[C@H](N(Cc2cc(C(F)(F)F)cc(C(F)(F)F)c2)C(=O)OC)C[C@@H]1C. The summed E-state index contributed by atoms with van der Waals surface area (Å²) in [6, 6.07) is 1.75. The maximum Gasteiger partial charge on any atom is 0.513 e. The molecular formula is C27H28F6N2O8. The van der Waals surface area contributed by atoms with Crippen LogP contribution >= 0.6 is 0 Å². The summed E-state index contributed by atoms with van der Waals surface area (Å²) in [7, 11) is 3.28. The second kappa shape index (κ2) is 12.9. The van der Waals surface area contributed by atoms with Gasteiger partial charge in [-0.15, -0.1) is 0 Å². The third-order valence-electron chi connectivity index (χ3n) is 6.55. The maximum atomic E-state index is 13.5. The quantitative estimate of drug-likeness (QED) is 0.148. The van der Waals surface area contributed by atoms with Crippen molar-refractivity contribution in [2.45, 2.75) is 51.2 Å². The Labute approximate surface area is 242 Å². The number of amides is 2. The minimum absolute atomic E-state index is 0.00609. The summed E-state index contributed by atoms with van der Waals surface area (Å²) in [5, 5.41) is 0. The van der Waals surface area contributed by atoms with Crippen LogP contribution in [0.2, 0.25) is 0 Å². The van der Waals surface area contributed by atoms with Crippen LogP contribution in [-0.4, -0.2) is 57.2 Å². The molecule has 2 aromatic carbocycles. The third-order valence-corrected chi connectivity index (χ3v) is 6.55. The third kappa shape index (κ3) is 7.35. The van der Waals surface area contributed by atoms with Crippen molar-refractivity contribution in [1.82, 2.24) is 4.90 Å². The second-order valence-electron chi connectivity index (χ2n) is 9.30. The average Bonchev–Trinajstić information content (AvgIpc) is 2.93. The second-order valence-corrected chi connectivity index (χ2v) is 9.30. The number of carbonyl (C=O) groups excluding carboxylic acids is 3. The van der Waals surface area contributed by atoms with E-state index in [9.17, 15) is 40.7 Å². The summed E-state index contributed by atoms with van der Waals surface area (Å²) in [5.74, 6) is -0.247. The summed E-state index contributed by atoms with van der Waals surface area (Å²) < 4.78 is 106. The zero-order chi connectivity index (χ0) is 32.3. The van der Waals surface area contributed by atoms with Crippen LogP contribution in [0.5, 0.6) is 11.5 Å². The molecule has 0 fully saturated rings. The Morgan fingerprint density at radius 3 is 2.00 bits per heavy atom. The Kier molecular flexibility index (Phi) is 9.92. The molecule has 43 heavy (non-hydrogen) atoms. The van der Waals surface area contributed by atoms with Crippen molar-refractivity contribution in [2.24, 2.45) is 0 Å². The van der Waals surface area contributed by atoms with E-state index in [4.69, 9.17) is 18.9 Å². The molecule has 0 saturated carbocycles. The Hall–Kier alpha value is -4.37. The van der Waals surface area contributed by atoms with E-state index in [0.29, 0.717) is 12.1 Å². The van der Waals surface area contributed by atoms with Gasteiger partial charge in [-0.2, -0.15) is 26.3 Å². The topological polar surface area (TPSA) is 104 Å². The van der Waals surface area contributed by atoms with Crippen molar-refractivity contribution in [2.75, 3.05) is 32.8 Å².